The Labute approximate surface area is 124 Å². The molecular weight excluding hydrogens is 266 g/mol. The molecule has 106 valence electrons. The average molecular weight is 287 g/mol. The molecule has 1 aliphatic rings. The Hall–Kier alpha value is -1.23. The summed E-state index contributed by atoms with van der Waals surface area (Å²) in [5.41, 5.74) is 2.73. The minimum Gasteiger partial charge on any atom is -0.312 e. The smallest absolute Gasteiger partial charge is 0.0401 e. The Bertz CT molecular complexity index is 512. The van der Waals surface area contributed by atoms with Crippen molar-refractivity contribution < 1.29 is 0 Å². The molecule has 2 aromatic rings. The first-order chi connectivity index (χ1) is 9.84. The zero-order chi connectivity index (χ0) is 13.8. The van der Waals surface area contributed by atoms with Gasteiger partial charge in [0.15, 0.2) is 0 Å². The summed E-state index contributed by atoms with van der Waals surface area (Å²) in [7, 11) is 2.22. The third-order valence-corrected chi connectivity index (χ3v) is 4.85. The lowest BCUT2D eigenvalue weighted by molar-refractivity contribution is 0.271. The lowest BCUT2D eigenvalue weighted by atomic mass is 9.95. The van der Waals surface area contributed by atoms with Crippen LogP contribution in [0.25, 0.3) is 0 Å². The summed E-state index contributed by atoms with van der Waals surface area (Å²) in [5.74, 6) is 0.669. The van der Waals surface area contributed by atoms with E-state index in [4.69, 9.17) is 0 Å². The number of nitrogens with one attached hydrogen (secondary N) is 1. The monoisotopic (exact) mass is 287 g/mol. The van der Waals surface area contributed by atoms with Gasteiger partial charge in [0, 0.05) is 31.5 Å². The quantitative estimate of drug-likeness (QED) is 0.916. The lowest BCUT2D eigenvalue weighted by Gasteiger charge is -2.25. The summed E-state index contributed by atoms with van der Waals surface area (Å²) in [6.45, 7) is 3.22. The Morgan fingerprint density at radius 1 is 1.45 bits per heavy atom. The molecule has 3 nitrogen and oxygen atoms in total. The van der Waals surface area contributed by atoms with Crippen LogP contribution < -0.4 is 5.32 Å². The molecule has 0 bridgehead atoms. The molecule has 1 fully saturated rings. The van der Waals surface area contributed by atoms with E-state index in [-0.39, 0.29) is 0 Å². The molecule has 2 atom stereocenters. The van der Waals surface area contributed by atoms with E-state index in [1.54, 1.807) is 11.3 Å². The Balaban J connectivity index is 1.60. The van der Waals surface area contributed by atoms with Crippen LogP contribution in [0.3, 0.4) is 0 Å². The van der Waals surface area contributed by atoms with Crippen molar-refractivity contribution in [3.8, 4) is 0 Å². The number of likely N-dealkylation sites (tertiary alicyclic amines) is 1. The first-order valence-electron chi connectivity index (χ1n) is 7.16. The van der Waals surface area contributed by atoms with Gasteiger partial charge in [-0.2, -0.15) is 11.3 Å². The predicted octanol–water partition coefficient (Wildman–Crippen LogP) is 2.93. The highest BCUT2D eigenvalue weighted by atomic mass is 32.1. The van der Waals surface area contributed by atoms with Gasteiger partial charge in [-0.3, -0.25) is 9.88 Å². The van der Waals surface area contributed by atoms with E-state index in [2.05, 4.69) is 45.1 Å². The Morgan fingerprint density at radius 2 is 2.40 bits per heavy atom. The molecule has 2 aromatic heterocycles. The van der Waals surface area contributed by atoms with Gasteiger partial charge in [0.05, 0.1) is 0 Å². The van der Waals surface area contributed by atoms with Crippen LogP contribution in [0, 0.1) is 5.92 Å². The third kappa shape index (κ3) is 3.08. The second-order valence-corrected chi connectivity index (χ2v) is 6.30. The minimum atomic E-state index is 0.499. The molecule has 0 aliphatic carbocycles. The van der Waals surface area contributed by atoms with Crippen molar-refractivity contribution in [2.75, 3.05) is 20.1 Å². The zero-order valence-electron chi connectivity index (χ0n) is 11.8. The van der Waals surface area contributed by atoms with E-state index in [0.29, 0.717) is 12.0 Å². The normalized spacial score (nSPS) is 23.2. The van der Waals surface area contributed by atoms with Crippen LogP contribution in [0.5, 0.6) is 0 Å². The molecule has 0 saturated carbocycles. The van der Waals surface area contributed by atoms with Crippen LogP contribution in [0.4, 0.5) is 0 Å². The number of nitrogens with zero attached hydrogens (tertiary/aromatic N) is 2. The fourth-order valence-corrected chi connectivity index (χ4v) is 3.78. The summed E-state index contributed by atoms with van der Waals surface area (Å²) in [6, 6.07) is 6.93. The SMILES string of the molecule is CN1CC[C@@H](CNCc2ccsc2)[C@@H]1c1cccnc1. The maximum atomic E-state index is 4.27. The molecule has 0 radical (unpaired) electrons. The number of rotatable bonds is 5. The van der Waals surface area contributed by atoms with Crippen molar-refractivity contribution in [2.24, 2.45) is 5.92 Å². The van der Waals surface area contributed by atoms with Crippen LogP contribution >= 0.6 is 11.3 Å². The Morgan fingerprint density at radius 3 is 3.15 bits per heavy atom. The van der Waals surface area contributed by atoms with Crippen molar-refractivity contribution in [3.63, 3.8) is 0 Å². The van der Waals surface area contributed by atoms with Crippen molar-refractivity contribution >= 4 is 11.3 Å². The van der Waals surface area contributed by atoms with Crippen LogP contribution in [-0.2, 0) is 6.54 Å². The van der Waals surface area contributed by atoms with Crippen LogP contribution in [0.15, 0.2) is 41.4 Å². The number of aromatic nitrogens is 1. The van der Waals surface area contributed by atoms with Crippen molar-refractivity contribution in [1.82, 2.24) is 15.2 Å². The maximum absolute atomic E-state index is 4.27. The van der Waals surface area contributed by atoms with Crippen LogP contribution in [0.2, 0.25) is 0 Å². The number of hydrogen-bond acceptors (Lipinski definition) is 4. The highest BCUT2D eigenvalue weighted by molar-refractivity contribution is 7.07. The van der Waals surface area contributed by atoms with E-state index >= 15 is 0 Å². The molecule has 3 heterocycles. The van der Waals surface area contributed by atoms with Gasteiger partial charge < -0.3 is 5.32 Å². The largest absolute Gasteiger partial charge is 0.312 e. The van der Waals surface area contributed by atoms with Gasteiger partial charge in [0.1, 0.15) is 0 Å². The van der Waals surface area contributed by atoms with Gasteiger partial charge in [-0.15, -0.1) is 0 Å². The van der Waals surface area contributed by atoms with E-state index in [1.165, 1.54) is 24.1 Å². The van der Waals surface area contributed by atoms with Gasteiger partial charge in [0.25, 0.3) is 0 Å². The van der Waals surface area contributed by atoms with Crippen molar-refractivity contribution in [2.45, 2.75) is 19.0 Å². The second-order valence-electron chi connectivity index (χ2n) is 5.52. The van der Waals surface area contributed by atoms with Crippen LogP contribution in [0.1, 0.15) is 23.6 Å². The topological polar surface area (TPSA) is 28.2 Å². The number of pyridine rings is 1. The van der Waals surface area contributed by atoms with Gasteiger partial charge in [-0.1, -0.05) is 6.07 Å². The molecule has 0 aromatic carbocycles. The fraction of sp³-hybridized carbons (Fsp3) is 0.438. The number of thiophene rings is 1. The highest BCUT2D eigenvalue weighted by Crippen LogP contribution is 2.35. The summed E-state index contributed by atoms with van der Waals surface area (Å²) >= 11 is 1.76. The first kappa shape index (κ1) is 13.7. The van der Waals surface area contributed by atoms with Gasteiger partial charge >= 0.3 is 0 Å². The molecule has 0 unspecified atom stereocenters. The van der Waals surface area contributed by atoms with Crippen molar-refractivity contribution in [1.29, 1.82) is 0 Å². The van der Waals surface area contributed by atoms with Gasteiger partial charge in [-0.25, -0.2) is 0 Å². The Kier molecular flexibility index (Phi) is 4.45. The third-order valence-electron chi connectivity index (χ3n) is 4.12. The van der Waals surface area contributed by atoms with E-state index in [1.807, 2.05) is 18.5 Å². The van der Waals surface area contributed by atoms with E-state index in [9.17, 15) is 0 Å². The maximum Gasteiger partial charge on any atom is 0.0401 e. The summed E-state index contributed by atoms with van der Waals surface area (Å²) in [5, 5.41) is 7.96. The molecule has 20 heavy (non-hydrogen) atoms. The second kappa shape index (κ2) is 6.48. The standard InChI is InChI=1S/C16H21N3S/c1-19-7-4-15(11-18-9-13-5-8-20-12-13)16(19)14-3-2-6-17-10-14/h2-3,5-6,8,10,12,15-16,18H,4,7,9,11H2,1H3/t15-,16-/m0/s1. The molecule has 0 spiro atoms. The number of hydrogen-bond donors (Lipinski definition) is 1. The van der Waals surface area contributed by atoms with Gasteiger partial charge in [-0.05, 0) is 60.0 Å². The summed E-state index contributed by atoms with van der Waals surface area (Å²) in [6.07, 6.45) is 5.12. The highest BCUT2D eigenvalue weighted by Gasteiger charge is 2.32. The average Bonchev–Trinajstić information content (AvgIpc) is 3.10. The predicted molar refractivity (Wildman–Crippen MR) is 83.7 cm³/mol. The van der Waals surface area contributed by atoms with E-state index in [0.717, 1.165) is 13.1 Å². The molecule has 1 N–H and O–H groups in total. The van der Waals surface area contributed by atoms with Crippen LogP contribution in [-0.4, -0.2) is 30.0 Å². The molecular formula is C16H21N3S. The lowest BCUT2D eigenvalue weighted by Crippen LogP contribution is -2.28. The molecule has 3 rings (SSSR count). The first-order valence-corrected chi connectivity index (χ1v) is 8.11. The summed E-state index contributed by atoms with van der Waals surface area (Å²) < 4.78 is 0. The molecule has 4 heteroatoms. The summed E-state index contributed by atoms with van der Waals surface area (Å²) in [4.78, 5) is 6.73. The molecule has 1 aliphatic heterocycles. The van der Waals surface area contributed by atoms with E-state index < -0.39 is 0 Å². The minimum absolute atomic E-state index is 0.499. The molecule has 0 amide bonds. The van der Waals surface area contributed by atoms with Gasteiger partial charge in [0.2, 0.25) is 0 Å². The zero-order valence-corrected chi connectivity index (χ0v) is 12.6. The molecule has 1 saturated heterocycles. The fourth-order valence-electron chi connectivity index (χ4n) is 3.11. The van der Waals surface area contributed by atoms with Crippen molar-refractivity contribution in [3.05, 3.63) is 52.5 Å².